The average molecular weight is 385 g/mol. The summed E-state index contributed by atoms with van der Waals surface area (Å²) < 4.78 is 5.79. The van der Waals surface area contributed by atoms with Gasteiger partial charge in [-0.1, -0.05) is 29.2 Å². The lowest BCUT2D eigenvalue weighted by Gasteiger charge is -1.99. The van der Waals surface area contributed by atoms with Crippen LogP contribution in [0.25, 0.3) is 10.7 Å². The van der Waals surface area contributed by atoms with Crippen LogP contribution in [0.15, 0.2) is 58.1 Å². The first kappa shape index (κ1) is 18.0. The van der Waals surface area contributed by atoms with Gasteiger partial charge in [0.15, 0.2) is 9.35 Å². The Balaban J connectivity index is 1.46. The van der Waals surface area contributed by atoms with E-state index in [2.05, 4.69) is 25.7 Å². The molecule has 0 aliphatic heterocycles. The normalized spacial score (nSPS) is 10.8. The standard InChI is InChI=1S/C17H15N5O2S2/c1-24-13-7-5-12(6-8-13)10-19-20-15(23)11-25-17-22-21-16(26-17)14-4-2-3-9-18-14/h2-10H,11H2,1H3,(H,20,23)/b19-10+. The SMILES string of the molecule is COc1ccc(/C=N/NC(=O)CSc2nnc(-c3ccccn3)s2)cc1. The molecule has 0 aliphatic rings. The Morgan fingerprint density at radius 2 is 2.12 bits per heavy atom. The molecule has 3 rings (SSSR count). The number of hydrazone groups is 1. The Labute approximate surface area is 158 Å². The molecule has 3 aromatic rings. The van der Waals surface area contributed by atoms with Gasteiger partial charge in [-0.05, 0) is 42.0 Å². The first-order chi connectivity index (χ1) is 12.7. The number of amides is 1. The molecule has 132 valence electrons. The summed E-state index contributed by atoms with van der Waals surface area (Å²) in [5, 5.41) is 12.8. The topological polar surface area (TPSA) is 89.4 Å². The molecule has 1 amide bonds. The molecular weight excluding hydrogens is 370 g/mol. The van der Waals surface area contributed by atoms with E-state index in [1.165, 1.54) is 23.1 Å². The molecule has 2 aromatic heterocycles. The van der Waals surface area contributed by atoms with E-state index in [1.807, 2.05) is 42.5 Å². The molecule has 0 saturated carbocycles. The van der Waals surface area contributed by atoms with Gasteiger partial charge in [0.25, 0.3) is 5.91 Å². The summed E-state index contributed by atoms with van der Waals surface area (Å²) in [6.45, 7) is 0. The van der Waals surface area contributed by atoms with E-state index in [0.717, 1.165) is 22.0 Å². The minimum absolute atomic E-state index is 0.205. The molecule has 26 heavy (non-hydrogen) atoms. The summed E-state index contributed by atoms with van der Waals surface area (Å²) in [7, 11) is 1.61. The number of carbonyl (C=O) groups is 1. The molecule has 0 bridgehead atoms. The first-order valence-electron chi connectivity index (χ1n) is 7.58. The van der Waals surface area contributed by atoms with Gasteiger partial charge in [-0.2, -0.15) is 5.10 Å². The van der Waals surface area contributed by atoms with Crippen LogP contribution in [0, 0.1) is 0 Å². The number of thioether (sulfide) groups is 1. The highest BCUT2D eigenvalue weighted by atomic mass is 32.2. The highest BCUT2D eigenvalue weighted by Crippen LogP contribution is 2.27. The monoisotopic (exact) mass is 385 g/mol. The molecule has 0 fully saturated rings. The van der Waals surface area contributed by atoms with Crippen LogP contribution in [0.5, 0.6) is 5.75 Å². The molecule has 0 unspecified atom stereocenters. The molecule has 9 heteroatoms. The van der Waals surface area contributed by atoms with Gasteiger partial charge in [0.1, 0.15) is 11.4 Å². The van der Waals surface area contributed by atoms with E-state index in [4.69, 9.17) is 4.74 Å². The molecule has 1 aromatic carbocycles. The Kier molecular flexibility index (Phi) is 6.29. The minimum Gasteiger partial charge on any atom is -0.497 e. The van der Waals surface area contributed by atoms with Crippen LogP contribution in [0.2, 0.25) is 0 Å². The first-order valence-corrected chi connectivity index (χ1v) is 9.38. The summed E-state index contributed by atoms with van der Waals surface area (Å²) in [5.41, 5.74) is 4.12. The number of methoxy groups -OCH3 is 1. The van der Waals surface area contributed by atoms with E-state index in [-0.39, 0.29) is 11.7 Å². The number of benzene rings is 1. The van der Waals surface area contributed by atoms with Crippen LogP contribution in [0.3, 0.4) is 0 Å². The fraction of sp³-hybridized carbons (Fsp3) is 0.118. The van der Waals surface area contributed by atoms with Gasteiger partial charge in [0, 0.05) is 6.20 Å². The van der Waals surface area contributed by atoms with Crippen molar-refractivity contribution in [2.24, 2.45) is 5.10 Å². The van der Waals surface area contributed by atoms with Gasteiger partial charge in [0.05, 0.1) is 19.1 Å². The van der Waals surface area contributed by atoms with Gasteiger partial charge in [-0.25, -0.2) is 5.43 Å². The van der Waals surface area contributed by atoms with E-state index in [1.54, 1.807) is 19.5 Å². The number of ether oxygens (including phenoxy) is 1. The number of aromatic nitrogens is 3. The molecule has 7 nitrogen and oxygen atoms in total. The molecular formula is C17H15N5O2S2. The number of pyridine rings is 1. The third-order valence-electron chi connectivity index (χ3n) is 3.14. The predicted molar refractivity (Wildman–Crippen MR) is 103 cm³/mol. The van der Waals surface area contributed by atoms with Gasteiger partial charge in [-0.15, -0.1) is 10.2 Å². The summed E-state index contributed by atoms with van der Waals surface area (Å²) in [6, 6.07) is 13.0. The molecule has 0 aliphatic carbocycles. The van der Waals surface area contributed by atoms with Crippen LogP contribution >= 0.6 is 23.1 Å². The lowest BCUT2D eigenvalue weighted by atomic mass is 10.2. The van der Waals surface area contributed by atoms with Gasteiger partial charge in [0.2, 0.25) is 0 Å². The fourth-order valence-corrected chi connectivity index (χ4v) is 3.51. The van der Waals surface area contributed by atoms with Gasteiger partial charge >= 0.3 is 0 Å². The number of carbonyl (C=O) groups excluding carboxylic acids is 1. The van der Waals surface area contributed by atoms with Crippen molar-refractivity contribution in [3.63, 3.8) is 0 Å². The van der Waals surface area contributed by atoms with Crippen LogP contribution in [0.1, 0.15) is 5.56 Å². The molecule has 0 spiro atoms. The van der Waals surface area contributed by atoms with Crippen molar-refractivity contribution in [3.05, 3.63) is 54.2 Å². The Morgan fingerprint density at radius 3 is 2.85 bits per heavy atom. The molecule has 0 radical (unpaired) electrons. The van der Waals surface area contributed by atoms with Crippen molar-refractivity contribution >= 4 is 35.2 Å². The third kappa shape index (κ3) is 5.11. The van der Waals surface area contributed by atoms with E-state index >= 15 is 0 Å². The zero-order valence-electron chi connectivity index (χ0n) is 13.8. The van der Waals surface area contributed by atoms with Crippen LogP contribution in [0.4, 0.5) is 0 Å². The zero-order valence-corrected chi connectivity index (χ0v) is 15.5. The second-order valence-corrected chi connectivity index (χ2v) is 7.14. The van der Waals surface area contributed by atoms with Crippen molar-refractivity contribution in [2.75, 3.05) is 12.9 Å². The smallest absolute Gasteiger partial charge is 0.250 e. The summed E-state index contributed by atoms with van der Waals surface area (Å²) >= 11 is 2.71. The maximum Gasteiger partial charge on any atom is 0.250 e. The Morgan fingerprint density at radius 1 is 1.27 bits per heavy atom. The summed E-state index contributed by atoms with van der Waals surface area (Å²) in [6.07, 6.45) is 3.28. The second kappa shape index (κ2) is 9.07. The van der Waals surface area contributed by atoms with E-state index in [0.29, 0.717) is 4.34 Å². The van der Waals surface area contributed by atoms with Crippen LogP contribution < -0.4 is 10.2 Å². The van der Waals surface area contributed by atoms with Crippen molar-refractivity contribution in [3.8, 4) is 16.5 Å². The van der Waals surface area contributed by atoms with Crippen LogP contribution in [-0.2, 0) is 4.79 Å². The number of hydrogen-bond acceptors (Lipinski definition) is 8. The fourth-order valence-electron chi connectivity index (χ4n) is 1.89. The van der Waals surface area contributed by atoms with Crippen molar-refractivity contribution in [2.45, 2.75) is 4.34 Å². The largest absolute Gasteiger partial charge is 0.497 e. The third-order valence-corrected chi connectivity index (χ3v) is 5.21. The average Bonchev–Trinajstić information content (AvgIpc) is 3.17. The summed E-state index contributed by atoms with van der Waals surface area (Å²) in [5.74, 6) is 0.760. The molecule has 0 atom stereocenters. The van der Waals surface area contributed by atoms with Crippen LogP contribution in [-0.4, -0.2) is 40.2 Å². The van der Waals surface area contributed by atoms with Gasteiger partial charge < -0.3 is 4.74 Å². The molecule has 2 heterocycles. The number of hydrogen-bond donors (Lipinski definition) is 1. The number of nitrogens with zero attached hydrogens (tertiary/aromatic N) is 4. The maximum atomic E-state index is 11.9. The lowest BCUT2D eigenvalue weighted by Crippen LogP contribution is -2.19. The highest BCUT2D eigenvalue weighted by molar-refractivity contribution is 8.01. The van der Waals surface area contributed by atoms with Gasteiger partial charge in [-0.3, -0.25) is 9.78 Å². The number of rotatable bonds is 7. The predicted octanol–water partition coefficient (Wildman–Crippen LogP) is 2.85. The Bertz CT molecular complexity index is 882. The van der Waals surface area contributed by atoms with Crippen molar-refractivity contribution in [1.29, 1.82) is 0 Å². The zero-order chi connectivity index (χ0) is 18.2. The lowest BCUT2D eigenvalue weighted by molar-refractivity contribution is -0.118. The minimum atomic E-state index is -0.214. The quantitative estimate of drug-likeness (QED) is 0.382. The molecule has 0 saturated heterocycles. The molecule has 1 N–H and O–H groups in total. The van der Waals surface area contributed by atoms with E-state index in [9.17, 15) is 4.79 Å². The van der Waals surface area contributed by atoms with Crippen molar-refractivity contribution in [1.82, 2.24) is 20.6 Å². The second-order valence-electron chi connectivity index (χ2n) is 4.94. The summed E-state index contributed by atoms with van der Waals surface area (Å²) in [4.78, 5) is 16.1. The highest BCUT2D eigenvalue weighted by Gasteiger charge is 2.09. The van der Waals surface area contributed by atoms with E-state index < -0.39 is 0 Å². The maximum absolute atomic E-state index is 11.9. The number of nitrogens with one attached hydrogen (secondary N) is 1. The van der Waals surface area contributed by atoms with Crippen molar-refractivity contribution < 1.29 is 9.53 Å². The Hall–Kier alpha value is -2.78.